The maximum Gasteiger partial charge on any atom is 0.261 e. The molecule has 0 unspecified atom stereocenters. The predicted octanol–water partition coefficient (Wildman–Crippen LogP) is 2.38. The lowest BCUT2D eigenvalue weighted by molar-refractivity contribution is 0.717. The SMILES string of the molecule is CCn1cnc2c(C)cc(Cl)cc2c1=O. The zero-order valence-corrected chi connectivity index (χ0v) is 9.38. The Hall–Kier alpha value is -1.35. The average molecular weight is 223 g/mol. The van der Waals surface area contributed by atoms with Crippen molar-refractivity contribution in [3.63, 3.8) is 0 Å². The lowest BCUT2D eigenvalue weighted by atomic mass is 10.1. The number of fused-ring (bicyclic) bond motifs is 1. The fraction of sp³-hybridized carbons (Fsp3) is 0.273. The minimum absolute atomic E-state index is 0.0342. The molecule has 0 bridgehead atoms. The van der Waals surface area contributed by atoms with Crippen LogP contribution in [0.3, 0.4) is 0 Å². The molecule has 0 radical (unpaired) electrons. The van der Waals surface area contributed by atoms with Crippen molar-refractivity contribution in [1.82, 2.24) is 9.55 Å². The lowest BCUT2D eigenvalue weighted by Crippen LogP contribution is -2.19. The molecule has 0 amide bonds. The van der Waals surface area contributed by atoms with Crippen LogP contribution < -0.4 is 5.56 Å². The van der Waals surface area contributed by atoms with Crippen molar-refractivity contribution < 1.29 is 0 Å². The Morgan fingerprint density at radius 3 is 2.87 bits per heavy atom. The monoisotopic (exact) mass is 222 g/mol. The van der Waals surface area contributed by atoms with Crippen LogP contribution in [-0.4, -0.2) is 9.55 Å². The van der Waals surface area contributed by atoms with Gasteiger partial charge in [0.2, 0.25) is 0 Å². The van der Waals surface area contributed by atoms with Gasteiger partial charge in [0.1, 0.15) is 0 Å². The van der Waals surface area contributed by atoms with Crippen molar-refractivity contribution in [2.24, 2.45) is 0 Å². The lowest BCUT2D eigenvalue weighted by Gasteiger charge is -2.05. The van der Waals surface area contributed by atoms with Crippen molar-refractivity contribution in [3.8, 4) is 0 Å². The van der Waals surface area contributed by atoms with Crippen LogP contribution in [0.1, 0.15) is 12.5 Å². The minimum Gasteiger partial charge on any atom is -0.299 e. The number of aryl methyl sites for hydroxylation is 2. The van der Waals surface area contributed by atoms with E-state index in [2.05, 4.69) is 4.98 Å². The highest BCUT2D eigenvalue weighted by Crippen LogP contribution is 2.18. The molecule has 15 heavy (non-hydrogen) atoms. The summed E-state index contributed by atoms with van der Waals surface area (Å²) < 4.78 is 1.57. The Morgan fingerprint density at radius 2 is 2.20 bits per heavy atom. The summed E-state index contributed by atoms with van der Waals surface area (Å²) in [6, 6.07) is 3.48. The first-order valence-electron chi connectivity index (χ1n) is 4.78. The normalized spacial score (nSPS) is 10.9. The average Bonchev–Trinajstić information content (AvgIpc) is 2.19. The Morgan fingerprint density at radius 1 is 1.47 bits per heavy atom. The second kappa shape index (κ2) is 3.66. The summed E-state index contributed by atoms with van der Waals surface area (Å²) in [5.74, 6) is 0. The second-order valence-electron chi connectivity index (χ2n) is 3.45. The van der Waals surface area contributed by atoms with E-state index in [0.29, 0.717) is 17.0 Å². The molecule has 0 saturated heterocycles. The van der Waals surface area contributed by atoms with Crippen LogP contribution in [0.4, 0.5) is 0 Å². The fourth-order valence-corrected chi connectivity index (χ4v) is 1.90. The molecule has 0 aliphatic carbocycles. The van der Waals surface area contributed by atoms with Gasteiger partial charge < -0.3 is 0 Å². The fourth-order valence-electron chi connectivity index (χ4n) is 1.63. The van der Waals surface area contributed by atoms with Crippen LogP contribution in [0.25, 0.3) is 10.9 Å². The summed E-state index contributed by atoms with van der Waals surface area (Å²) in [4.78, 5) is 16.2. The van der Waals surface area contributed by atoms with Crippen LogP contribution in [0.15, 0.2) is 23.3 Å². The zero-order chi connectivity index (χ0) is 11.0. The number of benzene rings is 1. The van der Waals surface area contributed by atoms with Crippen molar-refractivity contribution in [1.29, 1.82) is 0 Å². The summed E-state index contributed by atoms with van der Waals surface area (Å²) in [6.45, 7) is 4.43. The van der Waals surface area contributed by atoms with E-state index in [4.69, 9.17) is 11.6 Å². The van der Waals surface area contributed by atoms with E-state index in [1.165, 1.54) is 0 Å². The minimum atomic E-state index is -0.0342. The molecular formula is C11H11ClN2O. The third-order valence-corrected chi connectivity index (χ3v) is 2.64. The van der Waals surface area contributed by atoms with Crippen molar-refractivity contribution >= 4 is 22.5 Å². The van der Waals surface area contributed by atoms with Gasteiger partial charge in [0.05, 0.1) is 17.2 Å². The zero-order valence-electron chi connectivity index (χ0n) is 8.62. The largest absolute Gasteiger partial charge is 0.299 e. The molecule has 3 nitrogen and oxygen atoms in total. The maximum atomic E-state index is 11.9. The van der Waals surface area contributed by atoms with Gasteiger partial charge in [0.25, 0.3) is 5.56 Å². The van der Waals surface area contributed by atoms with Crippen LogP contribution >= 0.6 is 11.6 Å². The summed E-state index contributed by atoms with van der Waals surface area (Å²) >= 11 is 5.92. The standard InChI is InChI=1S/C11H11ClN2O/c1-3-14-6-13-10-7(2)4-8(12)5-9(10)11(14)15/h4-6H,3H2,1-2H3. The molecule has 1 aromatic heterocycles. The molecule has 0 aliphatic heterocycles. The molecule has 1 aromatic carbocycles. The van der Waals surface area contributed by atoms with Crippen LogP contribution in [0, 0.1) is 6.92 Å². The Kier molecular flexibility index (Phi) is 2.49. The van der Waals surface area contributed by atoms with Gasteiger partial charge in [-0.3, -0.25) is 9.36 Å². The first-order chi connectivity index (χ1) is 7.13. The van der Waals surface area contributed by atoms with Crippen LogP contribution in [-0.2, 0) is 6.54 Å². The van der Waals surface area contributed by atoms with Crippen LogP contribution in [0.5, 0.6) is 0 Å². The first-order valence-corrected chi connectivity index (χ1v) is 5.16. The van der Waals surface area contributed by atoms with Gasteiger partial charge in [0, 0.05) is 11.6 Å². The Balaban J connectivity index is 2.93. The van der Waals surface area contributed by atoms with E-state index in [0.717, 1.165) is 11.1 Å². The number of halogens is 1. The Labute approximate surface area is 92.3 Å². The molecule has 2 aromatic rings. The van der Waals surface area contributed by atoms with Gasteiger partial charge in [-0.1, -0.05) is 11.6 Å². The number of hydrogen-bond acceptors (Lipinski definition) is 2. The van der Waals surface area contributed by atoms with Gasteiger partial charge in [-0.2, -0.15) is 0 Å². The second-order valence-corrected chi connectivity index (χ2v) is 3.89. The van der Waals surface area contributed by atoms with E-state index in [9.17, 15) is 4.79 Å². The van der Waals surface area contributed by atoms with Gasteiger partial charge in [-0.15, -0.1) is 0 Å². The van der Waals surface area contributed by atoms with E-state index >= 15 is 0 Å². The summed E-state index contributed by atoms with van der Waals surface area (Å²) in [6.07, 6.45) is 1.57. The van der Waals surface area contributed by atoms with E-state index < -0.39 is 0 Å². The highest BCUT2D eigenvalue weighted by molar-refractivity contribution is 6.31. The summed E-state index contributed by atoms with van der Waals surface area (Å²) in [7, 11) is 0. The topological polar surface area (TPSA) is 34.9 Å². The first kappa shape index (κ1) is 10.2. The molecule has 0 N–H and O–H groups in total. The molecule has 0 saturated carbocycles. The number of rotatable bonds is 1. The quantitative estimate of drug-likeness (QED) is 0.743. The molecule has 0 atom stereocenters. The maximum absolute atomic E-state index is 11.9. The van der Waals surface area contributed by atoms with Crippen molar-refractivity contribution in [2.75, 3.05) is 0 Å². The van der Waals surface area contributed by atoms with Crippen molar-refractivity contribution in [3.05, 3.63) is 39.4 Å². The summed E-state index contributed by atoms with van der Waals surface area (Å²) in [5, 5.41) is 1.16. The molecule has 2 rings (SSSR count). The molecular weight excluding hydrogens is 212 g/mol. The van der Waals surface area contributed by atoms with Gasteiger partial charge in [-0.25, -0.2) is 4.98 Å². The van der Waals surface area contributed by atoms with E-state index in [1.54, 1.807) is 17.0 Å². The number of aromatic nitrogens is 2. The number of nitrogens with zero attached hydrogens (tertiary/aromatic N) is 2. The molecule has 78 valence electrons. The molecule has 4 heteroatoms. The third-order valence-electron chi connectivity index (χ3n) is 2.42. The van der Waals surface area contributed by atoms with Gasteiger partial charge in [0.15, 0.2) is 0 Å². The highest BCUT2D eigenvalue weighted by Gasteiger charge is 2.06. The smallest absolute Gasteiger partial charge is 0.261 e. The molecule has 0 fully saturated rings. The molecule has 1 heterocycles. The van der Waals surface area contributed by atoms with E-state index in [-0.39, 0.29) is 5.56 Å². The van der Waals surface area contributed by atoms with Gasteiger partial charge in [-0.05, 0) is 31.5 Å². The van der Waals surface area contributed by atoms with Crippen LogP contribution in [0.2, 0.25) is 5.02 Å². The van der Waals surface area contributed by atoms with Crippen molar-refractivity contribution in [2.45, 2.75) is 20.4 Å². The Bertz CT molecular complexity index is 575. The molecule has 0 aliphatic rings. The summed E-state index contributed by atoms with van der Waals surface area (Å²) in [5.41, 5.74) is 1.63. The predicted molar refractivity (Wildman–Crippen MR) is 61.4 cm³/mol. The number of hydrogen-bond donors (Lipinski definition) is 0. The highest BCUT2D eigenvalue weighted by atomic mass is 35.5. The van der Waals surface area contributed by atoms with E-state index in [1.807, 2.05) is 19.9 Å². The molecule has 0 spiro atoms. The van der Waals surface area contributed by atoms with Gasteiger partial charge >= 0.3 is 0 Å². The third kappa shape index (κ3) is 1.63.